The van der Waals surface area contributed by atoms with Crippen LogP contribution < -0.4 is 4.98 Å². The number of H-pyrrole nitrogens is 1. The molecule has 1 heterocycles. The van der Waals surface area contributed by atoms with Gasteiger partial charge in [0.1, 0.15) is 0 Å². The molecule has 0 amide bonds. The normalized spacial score (nSPS) is 14.1. The predicted molar refractivity (Wildman–Crippen MR) is 77.0 cm³/mol. The van der Waals surface area contributed by atoms with Gasteiger partial charge in [-0.25, -0.2) is 13.4 Å². The third kappa shape index (κ3) is 6.92. The second-order valence-corrected chi connectivity index (χ2v) is 7.14. The van der Waals surface area contributed by atoms with Crippen molar-refractivity contribution >= 4 is 10.1 Å². The second-order valence-electron chi connectivity index (χ2n) is 5.72. The third-order valence-corrected chi connectivity index (χ3v) is 4.23. The largest absolute Gasteiger partial charge is 0.743 e. The first-order valence-electron chi connectivity index (χ1n) is 7.65. The molecule has 0 unspecified atom stereocenters. The number of alkyl halides is 11. The molecule has 0 aliphatic heterocycles. The SMILES string of the molecule is O=S(=O)([O-])C(F)(F)C(F)(F)C(F)(F)C(F)(F)CCCCC(F)(F)F.c1cc[nH+]cc1. The summed E-state index contributed by atoms with van der Waals surface area (Å²) >= 11 is 0. The second kappa shape index (κ2) is 9.62. The van der Waals surface area contributed by atoms with E-state index >= 15 is 0 Å². The molecule has 0 bridgehead atoms. The van der Waals surface area contributed by atoms with Crippen LogP contribution in [0.1, 0.15) is 25.7 Å². The van der Waals surface area contributed by atoms with Crippen LogP contribution in [0.25, 0.3) is 0 Å². The standard InChI is InChI=1S/C9H9F11O3S.C5H5N/c10-5(11,3-1-2-4-6(12,13)14)7(15,16)8(17,18)9(19,20)24(21,22)23;1-2-4-6-5-3-1/h1-4H2,(H,21,22,23);1-5H. The first-order valence-corrected chi connectivity index (χ1v) is 9.06. The number of nitrogens with one attached hydrogen (secondary N) is 1. The fraction of sp³-hybridized carbons (Fsp3) is 0.643. The molecule has 1 aromatic rings. The highest BCUT2D eigenvalue weighted by Gasteiger charge is 2.82. The monoisotopic (exact) mass is 485 g/mol. The Kier molecular flexibility index (Phi) is 9.07. The van der Waals surface area contributed by atoms with Gasteiger partial charge in [0.05, 0.1) is 0 Å². The van der Waals surface area contributed by atoms with Gasteiger partial charge in [-0.15, -0.1) is 0 Å². The Bertz CT molecular complexity index is 725. The summed E-state index contributed by atoms with van der Waals surface area (Å²) in [7, 11) is -7.44. The molecule has 1 rings (SSSR count). The molecule has 0 aliphatic carbocycles. The Labute approximate surface area is 162 Å². The summed E-state index contributed by atoms with van der Waals surface area (Å²) in [6.07, 6.45) is -7.81. The summed E-state index contributed by atoms with van der Waals surface area (Å²) in [4.78, 5) is 2.89. The Hall–Kier alpha value is -1.71. The molecule has 0 saturated heterocycles. The summed E-state index contributed by atoms with van der Waals surface area (Å²) in [6.45, 7) is 0. The van der Waals surface area contributed by atoms with E-state index in [-0.39, 0.29) is 0 Å². The zero-order chi connectivity index (χ0) is 24.1. The van der Waals surface area contributed by atoms with Gasteiger partial charge in [-0.1, -0.05) is 6.07 Å². The van der Waals surface area contributed by atoms with E-state index in [2.05, 4.69) is 4.98 Å². The number of hydrogen-bond acceptors (Lipinski definition) is 3. The lowest BCUT2D eigenvalue weighted by atomic mass is 9.98. The molecule has 0 saturated carbocycles. The molecule has 1 N–H and O–H groups in total. The molecule has 0 atom stereocenters. The van der Waals surface area contributed by atoms with Gasteiger partial charge in [0, 0.05) is 25.0 Å². The molecule has 16 heteroatoms. The molecule has 30 heavy (non-hydrogen) atoms. The van der Waals surface area contributed by atoms with Gasteiger partial charge in [0.15, 0.2) is 22.5 Å². The number of pyridine rings is 1. The lowest BCUT2D eigenvalue weighted by molar-refractivity contribution is -0.377. The smallest absolute Gasteiger partial charge is 0.402 e. The van der Waals surface area contributed by atoms with Gasteiger partial charge in [-0.05, 0) is 12.8 Å². The van der Waals surface area contributed by atoms with Crippen molar-refractivity contribution in [2.75, 3.05) is 0 Å². The molecule has 0 radical (unpaired) electrons. The zero-order valence-electron chi connectivity index (χ0n) is 14.5. The van der Waals surface area contributed by atoms with Crippen molar-refractivity contribution in [2.24, 2.45) is 0 Å². The minimum absolute atomic E-state index is 1.20. The van der Waals surface area contributed by atoms with Crippen LogP contribution in [0.4, 0.5) is 48.3 Å². The van der Waals surface area contributed by atoms with Crippen molar-refractivity contribution in [3.8, 4) is 0 Å². The molecule has 176 valence electrons. The highest BCUT2D eigenvalue weighted by molar-refractivity contribution is 7.86. The van der Waals surface area contributed by atoms with Crippen LogP contribution in [-0.4, -0.2) is 42.2 Å². The summed E-state index contributed by atoms with van der Waals surface area (Å²) in [5.74, 6) is -20.3. The van der Waals surface area contributed by atoms with Crippen molar-refractivity contribution < 1.29 is 66.2 Å². The topological polar surface area (TPSA) is 71.3 Å². The van der Waals surface area contributed by atoms with E-state index in [9.17, 15) is 61.3 Å². The zero-order valence-corrected chi connectivity index (χ0v) is 15.3. The van der Waals surface area contributed by atoms with Crippen LogP contribution >= 0.6 is 0 Å². The summed E-state index contributed by atoms with van der Waals surface area (Å²) in [6, 6.07) is 5.86. The van der Waals surface area contributed by atoms with Crippen LogP contribution in [0.2, 0.25) is 0 Å². The third-order valence-electron chi connectivity index (χ3n) is 3.34. The Morgan fingerprint density at radius 3 is 1.43 bits per heavy atom. The molecule has 1 aromatic heterocycles. The average Bonchev–Trinajstić information content (AvgIpc) is 2.58. The van der Waals surface area contributed by atoms with E-state index in [0.717, 1.165) is 0 Å². The van der Waals surface area contributed by atoms with Gasteiger partial charge in [-0.2, -0.15) is 48.3 Å². The fourth-order valence-corrected chi connectivity index (χ4v) is 2.18. The minimum Gasteiger partial charge on any atom is -0.743 e. The molecule has 0 fully saturated rings. The van der Waals surface area contributed by atoms with E-state index in [1.54, 1.807) is 0 Å². The summed E-state index contributed by atoms with van der Waals surface area (Å²) in [5, 5.41) is -7.07. The first kappa shape index (κ1) is 28.3. The number of hydrogen-bond donors (Lipinski definition) is 0. The van der Waals surface area contributed by atoms with Gasteiger partial charge in [0.2, 0.25) is 0 Å². The maximum atomic E-state index is 13.1. The lowest BCUT2D eigenvalue weighted by Crippen LogP contribution is -2.64. The lowest BCUT2D eigenvalue weighted by Gasteiger charge is -2.37. The van der Waals surface area contributed by atoms with Crippen molar-refractivity contribution in [3.63, 3.8) is 0 Å². The maximum absolute atomic E-state index is 13.1. The summed E-state index contributed by atoms with van der Waals surface area (Å²) < 4.78 is 169. The first-order chi connectivity index (χ1) is 13.2. The molecular weight excluding hydrogens is 471 g/mol. The summed E-state index contributed by atoms with van der Waals surface area (Å²) in [5.41, 5.74) is 0. The number of rotatable bonds is 8. The quantitative estimate of drug-likeness (QED) is 0.306. The molecule has 0 aliphatic rings. The van der Waals surface area contributed by atoms with E-state index in [4.69, 9.17) is 0 Å². The van der Waals surface area contributed by atoms with Crippen molar-refractivity contribution in [1.29, 1.82) is 0 Å². The number of unbranched alkanes of at least 4 members (excludes halogenated alkanes) is 1. The van der Waals surface area contributed by atoms with Gasteiger partial charge in [-0.3, -0.25) is 0 Å². The van der Waals surface area contributed by atoms with Crippen LogP contribution in [-0.2, 0) is 10.1 Å². The van der Waals surface area contributed by atoms with Crippen LogP contribution in [0.5, 0.6) is 0 Å². The van der Waals surface area contributed by atoms with E-state index in [1.165, 1.54) is 0 Å². The minimum atomic E-state index is -7.44. The van der Waals surface area contributed by atoms with Gasteiger partial charge >= 0.3 is 29.2 Å². The van der Waals surface area contributed by atoms with Crippen molar-refractivity contribution in [3.05, 3.63) is 30.6 Å². The van der Waals surface area contributed by atoms with Crippen LogP contribution in [0.3, 0.4) is 0 Å². The molecule has 4 nitrogen and oxygen atoms in total. The average molecular weight is 485 g/mol. The predicted octanol–water partition coefficient (Wildman–Crippen LogP) is 4.65. The number of halogens is 11. The van der Waals surface area contributed by atoms with E-state index in [1.807, 2.05) is 30.6 Å². The van der Waals surface area contributed by atoms with E-state index < -0.39 is 65.0 Å². The molecular formula is C14H14F11NO3S. The number of aromatic nitrogens is 1. The fourth-order valence-electron chi connectivity index (χ4n) is 1.74. The van der Waals surface area contributed by atoms with E-state index in [0.29, 0.717) is 0 Å². The molecule has 0 spiro atoms. The Morgan fingerprint density at radius 2 is 1.13 bits per heavy atom. The Morgan fingerprint density at radius 1 is 0.700 bits per heavy atom. The van der Waals surface area contributed by atoms with Crippen molar-refractivity contribution in [2.45, 2.75) is 54.9 Å². The van der Waals surface area contributed by atoms with Crippen LogP contribution in [0, 0.1) is 0 Å². The van der Waals surface area contributed by atoms with Gasteiger partial charge in [0.25, 0.3) is 0 Å². The highest BCUT2D eigenvalue weighted by Crippen LogP contribution is 2.55. The molecule has 0 aromatic carbocycles. The number of aromatic amines is 1. The highest BCUT2D eigenvalue weighted by atomic mass is 32.2. The maximum Gasteiger partial charge on any atom is 0.402 e. The Balaban J connectivity index is 0.00000118. The van der Waals surface area contributed by atoms with Crippen LogP contribution in [0.15, 0.2) is 30.6 Å². The van der Waals surface area contributed by atoms with Crippen molar-refractivity contribution in [1.82, 2.24) is 0 Å². The van der Waals surface area contributed by atoms with Gasteiger partial charge < -0.3 is 4.55 Å².